The summed E-state index contributed by atoms with van der Waals surface area (Å²) in [5.41, 5.74) is 4.80. The lowest BCUT2D eigenvalue weighted by molar-refractivity contribution is 0.0252. The number of carbonyl (C=O) groups excluding carboxylic acids is 2. The van der Waals surface area contributed by atoms with Gasteiger partial charge in [0.25, 0.3) is 0 Å². The molecule has 1 aliphatic carbocycles. The van der Waals surface area contributed by atoms with Crippen molar-refractivity contribution in [1.82, 2.24) is 14.4 Å². The van der Waals surface area contributed by atoms with E-state index in [1.165, 1.54) is 20.0 Å². The van der Waals surface area contributed by atoms with Crippen LogP contribution in [-0.4, -0.2) is 72.9 Å². The number of ether oxygens (including phenoxy) is 3. The largest absolute Gasteiger partial charge is 0.496 e. The van der Waals surface area contributed by atoms with E-state index in [1.807, 2.05) is 49.5 Å². The number of carbonyl (C=O) groups is 2. The molecule has 3 aromatic rings. The van der Waals surface area contributed by atoms with E-state index in [-0.39, 0.29) is 23.6 Å². The smallest absolute Gasteiger partial charge is 0.418 e. The number of nitrogens with zero attached hydrogens (tertiary/aromatic N) is 3. The zero-order valence-electron chi connectivity index (χ0n) is 23.7. The zero-order chi connectivity index (χ0) is 27.7. The summed E-state index contributed by atoms with van der Waals surface area (Å²) >= 11 is 0. The van der Waals surface area contributed by atoms with Crippen LogP contribution in [0.4, 0.5) is 4.79 Å². The first kappa shape index (κ1) is 27.2. The molecule has 39 heavy (non-hydrogen) atoms. The molecule has 1 spiro atoms. The van der Waals surface area contributed by atoms with E-state index in [0.717, 1.165) is 59.3 Å². The molecule has 0 bridgehead atoms. The van der Waals surface area contributed by atoms with Crippen molar-refractivity contribution in [2.75, 3.05) is 41.0 Å². The monoisotopic (exact) mass is 533 g/mol. The van der Waals surface area contributed by atoms with Gasteiger partial charge in [0.05, 0.1) is 31.9 Å². The van der Waals surface area contributed by atoms with Gasteiger partial charge in [0, 0.05) is 48.4 Å². The predicted molar refractivity (Wildman–Crippen MR) is 150 cm³/mol. The predicted octanol–water partition coefficient (Wildman–Crippen LogP) is 5.55. The van der Waals surface area contributed by atoms with Crippen LogP contribution in [0.3, 0.4) is 0 Å². The maximum absolute atomic E-state index is 12.9. The molecule has 8 nitrogen and oxygen atoms in total. The fraction of sp³-hybridized carbons (Fsp3) is 0.484. The highest BCUT2D eigenvalue weighted by Gasteiger charge is 2.52. The number of hydrogen-bond donors (Lipinski definition) is 0. The Balaban J connectivity index is 1.51. The second-order valence-corrected chi connectivity index (χ2v) is 10.9. The van der Waals surface area contributed by atoms with Crippen LogP contribution in [0.2, 0.25) is 0 Å². The molecule has 5 rings (SSSR count). The van der Waals surface area contributed by atoms with Gasteiger partial charge < -0.3 is 14.2 Å². The van der Waals surface area contributed by atoms with E-state index in [1.54, 1.807) is 11.7 Å². The molecule has 1 saturated heterocycles. The number of aromatic nitrogens is 1. The van der Waals surface area contributed by atoms with Gasteiger partial charge in [-0.1, -0.05) is 25.5 Å². The fourth-order valence-corrected chi connectivity index (χ4v) is 5.94. The summed E-state index contributed by atoms with van der Waals surface area (Å²) in [7, 11) is 5.32. The molecule has 1 atom stereocenters. The lowest BCUT2D eigenvalue weighted by atomic mass is 9.95. The minimum absolute atomic E-state index is 0.134. The molecular formula is C31H39N3O5. The maximum Gasteiger partial charge on any atom is 0.418 e. The number of fused-ring (bicyclic) bond motifs is 1. The van der Waals surface area contributed by atoms with Crippen molar-refractivity contribution in [3.63, 3.8) is 0 Å². The summed E-state index contributed by atoms with van der Waals surface area (Å²) in [4.78, 5) is 30.0. The quantitative estimate of drug-likeness (QED) is 0.278. The molecule has 0 N–H and O–H groups in total. The molecule has 1 aromatic heterocycles. The maximum atomic E-state index is 12.9. The summed E-state index contributed by atoms with van der Waals surface area (Å²) < 4.78 is 17.9. The summed E-state index contributed by atoms with van der Waals surface area (Å²) in [6, 6.07) is 11.9. The van der Waals surface area contributed by atoms with Gasteiger partial charge in [-0.15, -0.1) is 0 Å². The van der Waals surface area contributed by atoms with Gasteiger partial charge >= 0.3 is 12.1 Å². The SMILES string of the molecule is CCCCOC(=O)n1ccc2c(CN3CC4(CC4)N(C)CC3c3ccc(C(=O)OC)cc3)c(OC)cc(C)c21. The normalized spacial score (nSPS) is 18.8. The molecule has 208 valence electrons. The molecule has 1 aliphatic heterocycles. The molecular weight excluding hydrogens is 494 g/mol. The Bertz CT molecular complexity index is 1360. The molecule has 2 aromatic carbocycles. The van der Waals surface area contributed by atoms with Crippen LogP contribution >= 0.6 is 0 Å². The molecule has 8 heteroatoms. The van der Waals surface area contributed by atoms with E-state index < -0.39 is 0 Å². The van der Waals surface area contributed by atoms with Crippen molar-refractivity contribution in [3.8, 4) is 5.75 Å². The fourth-order valence-electron chi connectivity index (χ4n) is 5.94. The van der Waals surface area contributed by atoms with Gasteiger partial charge in [0.2, 0.25) is 0 Å². The zero-order valence-corrected chi connectivity index (χ0v) is 23.7. The third-order valence-electron chi connectivity index (χ3n) is 8.47. The molecule has 2 heterocycles. The van der Waals surface area contributed by atoms with Crippen molar-refractivity contribution in [2.24, 2.45) is 0 Å². The minimum Gasteiger partial charge on any atom is -0.496 e. The topological polar surface area (TPSA) is 73.2 Å². The summed E-state index contributed by atoms with van der Waals surface area (Å²) in [6.45, 7) is 6.99. The average Bonchev–Trinajstić information content (AvgIpc) is 3.57. The highest BCUT2D eigenvalue weighted by atomic mass is 16.5. The first-order valence-corrected chi connectivity index (χ1v) is 13.8. The first-order chi connectivity index (χ1) is 18.8. The Kier molecular flexibility index (Phi) is 7.69. The molecule has 0 radical (unpaired) electrons. The van der Waals surface area contributed by atoms with E-state index in [9.17, 15) is 9.59 Å². The molecule has 1 saturated carbocycles. The second kappa shape index (κ2) is 11.0. The second-order valence-electron chi connectivity index (χ2n) is 10.9. The lowest BCUT2D eigenvalue weighted by Gasteiger charge is -2.46. The van der Waals surface area contributed by atoms with Crippen LogP contribution in [0.1, 0.15) is 65.7 Å². The van der Waals surface area contributed by atoms with Gasteiger partial charge in [0.15, 0.2) is 0 Å². The summed E-state index contributed by atoms with van der Waals surface area (Å²) in [5, 5.41) is 1.00. The molecule has 1 unspecified atom stereocenters. The van der Waals surface area contributed by atoms with Crippen molar-refractivity contribution >= 4 is 23.0 Å². The van der Waals surface area contributed by atoms with Crippen LogP contribution in [-0.2, 0) is 16.0 Å². The number of likely N-dealkylation sites (N-methyl/N-ethyl adjacent to an activating group) is 1. The van der Waals surface area contributed by atoms with Crippen LogP contribution < -0.4 is 4.74 Å². The third-order valence-corrected chi connectivity index (χ3v) is 8.47. The Labute approximate surface area is 230 Å². The number of aryl methyl sites for hydroxylation is 1. The lowest BCUT2D eigenvalue weighted by Crippen LogP contribution is -2.54. The summed E-state index contributed by atoms with van der Waals surface area (Å²) in [5.74, 6) is 0.487. The molecule has 0 amide bonds. The van der Waals surface area contributed by atoms with Gasteiger partial charge in [-0.05, 0) is 68.6 Å². The number of unbranched alkanes of at least 4 members (excludes halogenated alkanes) is 1. The van der Waals surface area contributed by atoms with Crippen molar-refractivity contribution in [1.29, 1.82) is 0 Å². The Morgan fingerprint density at radius 2 is 1.85 bits per heavy atom. The van der Waals surface area contributed by atoms with Crippen molar-refractivity contribution < 1.29 is 23.8 Å². The standard InChI is InChI=1S/C31H39N3O5/c1-6-7-16-39-30(36)34-15-12-24-25(27(37-4)17-21(2)28(24)34)18-33-20-31(13-14-31)32(3)19-26(33)22-8-10-23(11-9-22)29(35)38-5/h8-12,15,17,26H,6-7,13-14,16,18-20H2,1-5H3. The minimum atomic E-state index is -0.349. The van der Waals surface area contributed by atoms with E-state index in [0.29, 0.717) is 18.7 Å². The van der Waals surface area contributed by atoms with Gasteiger partial charge in [0.1, 0.15) is 5.75 Å². The van der Waals surface area contributed by atoms with Gasteiger partial charge in [-0.3, -0.25) is 14.4 Å². The van der Waals surface area contributed by atoms with Crippen LogP contribution in [0, 0.1) is 6.92 Å². The molecule has 2 fully saturated rings. The van der Waals surface area contributed by atoms with Crippen LogP contribution in [0.15, 0.2) is 42.6 Å². The third kappa shape index (κ3) is 5.15. The number of rotatable bonds is 8. The number of methoxy groups -OCH3 is 2. The number of piperazine rings is 1. The van der Waals surface area contributed by atoms with Crippen molar-refractivity contribution in [2.45, 2.75) is 57.7 Å². The Morgan fingerprint density at radius 3 is 2.49 bits per heavy atom. The van der Waals surface area contributed by atoms with Gasteiger partial charge in [-0.2, -0.15) is 0 Å². The number of hydrogen-bond acceptors (Lipinski definition) is 7. The summed E-state index contributed by atoms with van der Waals surface area (Å²) in [6.07, 6.45) is 5.65. The Hall–Kier alpha value is -3.36. The van der Waals surface area contributed by atoms with Crippen LogP contribution in [0.25, 0.3) is 10.9 Å². The van der Waals surface area contributed by atoms with E-state index in [4.69, 9.17) is 14.2 Å². The van der Waals surface area contributed by atoms with E-state index >= 15 is 0 Å². The highest BCUT2D eigenvalue weighted by molar-refractivity contribution is 5.95. The highest BCUT2D eigenvalue weighted by Crippen LogP contribution is 2.48. The van der Waals surface area contributed by atoms with Crippen LogP contribution in [0.5, 0.6) is 5.75 Å². The molecule has 2 aliphatic rings. The number of benzene rings is 2. The first-order valence-electron chi connectivity index (χ1n) is 13.8. The average molecular weight is 534 g/mol. The van der Waals surface area contributed by atoms with E-state index in [2.05, 4.69) is 23.8 Å². The van der Waals surface area contributed by atoms with Crippen molar-refractivity contribution in [3.05, 3.63) is 64.8 Å². The van der Waals surface area contributed by atoms with Gasteiger partial charge in [-0.25, -0.2) is 9.59 Å². The Morgan fingerprint density at radius 1 is 1.10 bits per heavy atom. The number of esters is 1.